The SMILES string of the molecule is CSc1nnc(CCCNC(=O)Nc2nc3ccccc3s2)n1C1CCCC1. The highest BCUT2D eigenvalue weighted by Gasteiger charge is 2.23. The number of anilines is 1. The fourth-order valence-electron chi connectivity index (χ4n) is 3.66. The van der Waals surface area contributed by atoms with Crippen LogP contribution in [0.15, 0.2) is 29.4 Å². The lowest BCUT2D eigenvalue weighted by Gasteiger charge is -2.16. The third-order valence-corrected chi connectivity index (χ3v) is 6.58. The van der Waals surface area contributed by atoms with E-state index in [2.05, 4.69) is 30.4 Å². The van der Waals surface area contributed by atoms with Gasteiger partial charge in [0.05, 0.1) is 10.2 Å². The Kier molecular flexibility index (Phi) is 6.11. The van der Waals surface area contributed by atoms with E-state index in [1.807, 2.05) is 30.5 Å². The number of carbonyl (C=O) groups is 1. The number of hydrogen-bond donors (Lipinski definition) is 2. The van der Waals surface area contributed by atoms with E-state index in [0.29, 0.717) is 17.7 Å². The average Bonchev–Trinajstić information content (AvgIpc) is 3.43. The first-order valence-corrected chi connectivity index (χ1v) is 11.7. The van der Waals surface area contributed by atoms with Gasteiger partial charge in [0.2, 0.25) is 0 Å². The molecule has 0 aliphatic heterocycles. The molecule has 0 saturated heterocycles. The second-order valence-corrected chi connectivity index (χ2v) is 8.69. The van der Waals surface area contributed by atoms with Crippen LogP contribution in [0.1, 0.15) is 44.0 Å². The minimum atomic E-state index is -0.221. The van der Waals surface area contributed by atoms with Gasteiger partial charge in [-0.15, -0.1) is 10.2 Å². The predicted octanol–water partition coefficient (Wildman–Crippen LogP) is 4.48. The lowest BCUT2D eigenvalue weighted by Crippen LogP contribution is -2.29. The summed E-state index contributed by atoms with van der Waals surface area (Å²) in [7, 11) is 0. The van der Waals surface area contributed by atoms with E-state index in [1.54, 1.807) is 11.8 Å². The second-order valence-electron chi connectivity index (χ2n) is 6.88. The number of hydrogen-bond acceptors (Lipinski definition) is 6. The highest BCUT2D eigenvalue weighted by molar-refractivity contribution is 7.98. The summed E-state index contributed by atoms with van der Waals surface area (Å²) >= 11 is 3.13. The van der Waals surface area contributed by atoms with Crippen molar-refractivity contribution in [1.82, 2.24) is 25.1 Å². The second kappa shape index (κ2) is 8.91. The van der Waals surface area contributed by atoms with Gasteiger partial charge >= 0.3 is 6.03 Å². The summed E-state index contributed by atoms with van der Waals surface area (Å²) in [5, 5.41) is 16.1. The van der Waals surface area contributed by atoms with Crippen LogP contribution in [0.3, 0.4) is 0 Å². The molecule has 1 aliphatic rings. The van der Waals surface area contributed by atoms with E-state index in [9.17, 15) is 4.79 Å². The molecular formula is C19H24N6OS2. The van der Waals surface area contributed by atoms with Crippen molar-refractivity contribution in [2.75, 3.05) is 18.1 Å². The van der Waals surface area contributed by atoms with E-state index in [4.69, 9.17) is 0 Å². The Hall–Kier alpha value is -2.13. The fourth-order valence-corrected chi connectivity index (χ4v) is 5.10. The van der Waals surface area contributed by atoms with Gasteiger partial charge in [0.25, 0.3) is 0 Å². The first kappa shape index (κ1) is 19.2. The standard InChI is InChI=1S/C19H24N6OS2/c1-27-19-24-23-16(25(19)13-7-2-3-8-13)11-6-12-20-17(26)22-18-21-14-9-4-5-10-15(14)28-18/h4-5,9-10,13H,2-3,6-8,11-12H2,1H3,(H2,20,21,22,26). The number of thioether (sulfide) groups is 1. The molecule has 0 unspecified atom stereocenters. The topological polar surface area (TPSA) is 84.7 Å². The number of amides is 2. The first-order chi connectivity index (χ1) is 13.7. The van der Waals surface area contributed by atoms with Crippen molar-refractivity contribution in [3.05, 3.63) is 30.1 Å². The van der Waals surface area contributed by atoms with E-state index in [0.717, 1.165) is 34.0 Å². The lowest BCUT2D eigenvalue weighted by atomic mass is 10.2. The van der Waals surface area contributed by atoms with Crippen LogP contribution in [-0.2, 0) is 6.42 Å². The first-order valence-electron chi connectivity index (χ1n) is 9.63. The molecule has 148 valence electrons. The van der Waals surface area contributed by atoms with Gasteiger partial charge in [-0.1, -0.05) is 48.1 Å². The van der Waals surface area contributed by atoms with Crippen LogP contribution in [0.4, 0.5) is 9.93 Å². The van der Waals surface area contributed by atoms with E-state index in [1.165, 1.54) is 37.0 Å². The number of rotatable bonds is 7. The maximum Gasteiger partial charge on any atom is 0.321 e. The van der Waals surface area contributed by atoms with Crippen molar-refractivity contribution in [3.8, 4) is 0 Å². The zero-order chi connectivity index (χ0) is 19.3. The summed E-state index contributed by atoms with van der Waals surface area (Å²) in [6, 6.07) is 8.16. The number of thiazole rings is 1. The zero-order valence-electron chi connectivity index (χ0n) is 15.9. The Morgan fingerprint density at radius 1 is 1.29 bits per heavy atom. The molecule has 0 radical (unpaired) electrons. The summed E-state index contributed by atoms with van der Waals surface area (Å²) in [6.07, 6.45) is 8.67. The molecule has 2 amide bonds. The molecule has 2 aromatic heterocycles. The van der Waals surface area contributed by atoms with Crippen molar-refractivity contribution in [2.24, 2.45) is 0 Å². The maximum absolute atomic E-state index is 12.1. The summed E-state index contributed by atoms with van der Waals surface area (Å²) < 4.78 is 3.38. The van der Waals surface area contributed by atoms with Crippen molar-refractivity contribution >= 4 is 44.5 Å². The average molecular weight is 417 g/mol. The number of nitrogens with one attached hydrogen (secondary N) is 2. The van der Waals surface area contributed by atoms with E-state index < -0.39 is 0 Å². The molecule has 4 rings (SSSR count). The molecule has 0 atom stereocenters. The van der Waals surface area contributed by atoms with Crippen molar-refractivity contribution in [2.45, 2.75) is 49.7 Å². The Labute approximate surface area is 172 Å². The number of nitrogens with zero attached hydrogens (tertiary/aromatic N) is 4. The molecule has 9 heteroatoms. The highest BCUT2D eigenvalue weighted by atomic mass is 32.2. The van der Waals surface area contributed by atoms with Gasteiger partial charge in [0, 0.05) is 19.0 Å². The molecule has 2 N–H and O–H groups in total. The van der Waals surface area contributed by atoms with Gasteiger partial charge in [-0.3, -0.25) is 5.32 Å². The number of benzene rings is 1. The molecule has 1 fully saturated rings. The largest absolute Gasteiger partial charge is 0.338 e. The molecule has 0 bridgehead atoms. The minimum Gasteiger partial charge on any atom is -0.338 e. The van der Waals surface area contributed by atoms with Gasteiger partial charge in [-0.25, -0.2) is 9.78 Å². The summed E-state index contributed by atoms with van der Waals surface area (Å²) in [5.74, 6) is 1.03. The van der Waals surface area contributed by atoms with Gasteiger partial charge in [0.15, 0.2) is 10.3 Å². The summed E-state index contributed by atoms with van der Waals surface area (Å²) in [4.78, 5) is 16.6. The van der Waals surface area contributed by atoms with Crippen LogP contribution in [-0.4, -0.2) is 38.6 Å². The fraction of sp³-hybridized carbons (Fsp3) is 0.474. The normalized spacial score (nSPS) is 14.6. The van der Waals surface area contributed by atoms with Crippen LogP contribution in [0.25, 0.3) is 10.2 Å². The third kappa shape index (κ3) is 4.30. The molecular weight excluding hydrogens is 392 g/mol. The molecule has 0 spiro atoms. The number of aryl methyl sites for hydroxylation is 1. The third-order valence-electron chi connectivity index (χ3n) is 4.98. The van der Waals surface area contributed by atoms with Gasteiger partial charge in [0.1, 0.15) is 5.82 Å². The molecule has 2 heterocycles. The zero-order valence-corrected chi connectivity index (χ0v) is 17.5. The summed E-state index contributed by atoms with van der Waals surface area (Å²) in [6.45, 7) is 0.586. The quantitative estimate of drug-likeness (QED) is 0.438. The predicted molar refractivity (Wildman–Crippen MR) is 114 cm³/mol. The van der Waals surface area contributed by atoms with Crippen LogP contribution in [0.5, 0.6) is 0 Å². The number of para-hydroxylation sites is 1. The molecule has 1 aromatic carbocycles. The molecule has 1 aliphatic carbocycles. The minimum absolute atomic E-state index is 0.221. The highest BCUT2D eigenvalue weighted by Crippen LogP contribution is 2.33. The number of urea groups is 1. The Bertz CT molecular complexity index is 914. The molecule has 28 heavy (non-hydrogen) atoms. The Balaban J connectivity index is 1.27. The molecule has 3 aromatic rings. The van der Waals surface area contributed by atoms with Gasteiger partial charge in [-0.05, 0) is 37.7 Å². The van der Waals surface area contributed by atoms with Crippen LogP contribution < -0.4 is 10.6 Å². The Morgan fingerprint density at radius 3 is 2.89 bits per heavy atom. The van der Waals surface area contributed by atoms with Gasteiger partial charge in [-0.2, -0.15) is 0 Å². The van der Waals surface area contributed by atoms with E-state index >= 15 is 0 Å². The smallest absolute Gasteiger partial charge is 0.321 e. The maximum atomic E-state index is 12.1. The number of carbonyl (C=O) groups excluding carboxylic acids is 1. The van der Waals surface area contributed by atoms with Crippen molar-refractivity contribution < 1.29 is 4.79 Å². The van der Waals surface area contributed by atoms with Crippen LogP contribution in [0.2, 0.25) is 0 Å². The van der Waals surface area contributed by atoms with Crippen LogP contribution in [0, 0.1) is 0 Å². The van der Waals surface area contributed by atoms with Crippen LogP contribution >= 0.6 is 23.1 Å². The van der Waals surface area contributed by atoms with E-state index in [-0.39, 0.29) is 6.03 Å². The van der Waals surface area contributed by atoms with Crippen molar-refractivity contribution in [1.29, 1.82) is 0 Å². The Morgan fingerprint density at radius 2 is 2.11 bits per heavy atom. The monoisotopic (exact) mass is 416 g/mol. The number of fused-ring (bicyclic) bond motifs is 1. The number of aromatic nitrogens is 4. The summed E-state index contributed by atoms with van der Waals surface area (Å²) in [5.41, 5.74) is 0.902. The lowest BCUT2D eigenvalue weighted by molar-refractivity contribution is 0.252. The molecule has 1 saturated carbocycles. The van der Waals surface area contributed by atoms with Gasteiger partial charge < -0.3 is 9.88 Å². The molecule has 7 nitrogen and oxygen atoms in total. The van der Waals surface area contributed by atoms with Crippen molar-refractivity contribution in [3.63, 3.8) is 0 Å².